The van der Waals surface area contributed by atoms with Gasteiger partial charge in [0.1, 0.15) is 6.17 Å². The van der Waals surface area contributed by atoms with Crippen molar-refractivity contribution >= 4 is 16.5 Å². The fourth-order valence-corrected chi connectivity index (χ4v) is 2.34. The molecule has 0 aromatic carbocycles. The molecular formula is C9H13FN2OS. The van der Waals surface area contributed by atoms with Crippen molar-refractivity contribution in [3.8, 4) is 0 Å². The second-order valence-electron chi connectivity index (χ2n) is 3.50. The number of anilines is 1. The number of thiazole rings is 1. The Hall–Kier alpha value is -0.680. The average Bonchev–Trinajstić information content (AvgIpc) is 2.73. The van der Waals surface area contributed by atoms with Gasteiger partial charge in [-0.2, -0.15) is 0 Å². The van der Waals surface area contributed by atoms with Gasteiger partial charge in [0.25, 0.3) is 0 Å². The van der Waals surface area contributed by atoms with Gasteiger partial charge in [0.2, 0.25) is 0 Å². The van der Waals surface area contributed by atoms with Gasteiger partial charge in [0.05, 0.1) is 24.9 Å². The highest BCUT2D eigenvalue weighted by Crippen LogP contribution is 2.25. The zero-order chi connectivity index (χ0) is 10.1. The van der Waals surface area contributed by atoms with Crippen LogP contribution in [0.3, 0.4) is 0 Å². The summed E-state index contributed by atoms with van der Waals surface area (Å²) < 4.78 is 18.4. The van der Waals surface area contributed by atoms with Crippen molar-refractivity contribution in [3.05, 3.63) is 11.1 Å². The summed E-state index contributed by atoms with van der Waals surface area (Å²) in [4.78, 5) is 6.18. The molecule has 0 aliphatic carbocycles. The maximum atomic E-state index is 13.3. The summed E-state index contributed by atoms with van der Waals surface area (Å²) >= 11 is 1.54. The first-order valence-corrected chi connectivity index (χ1v) is 5.43. The maximum Gasteiger partial charge on any atom is 0.185 e. The highest BCUT2D eigenvalue weighted by atomic mass is 32.1. The number of hydrogen-bond acceptors (Lipinski definition) is 4. The fourth-order valence-electron chi connectivity index (χ4n) is 1.52. The summed E-state index contributed by atoms with van der Waals surface area (Å²) in [6.07, 6.45) is -0.899. The second kappa shape index (κ2) is 3.82. The summed E-state index contributed by atoms with van der Waals surface area (Å²) in [5.41, 5.74) is 0.978. The van der Waals surface area contributed by atoms with Crippen molar-refractivity contribution in [2.75, 3.05) is 25.2 Å². The predicted octanol–water partition coefficient (Wildman–Crippen LogP) is 1.62. The predicted molar refractivity (Wildman–Crippen MR) is 54.8 cm³/mol. The van der Waals surface area contributed by atoms with E-state index in [0.29, 0.717) is 6.61 Å². The van der Waals surface area contributed by atoms with E-state index in [1.54, 1.807) is 0 Å². The van der Waals surface area contributed by atoms with Crippen molar-refractivity contribution in [1.82, 2.24) is 4.98 Å². The minimum Gasteiger partial charge on any atom is -0.376 e. The Bertz CT molecular complexity index is 318. The third-order valence-electron chi connectivity index (χ3n) is 2.39. The van der Waals surface area contributed by atoms with Gasteiger partial charge >= 0.3 is 0 Å². The molecule has 5 heteroatoms. The fraction of sp³-hybridized carbons (Fsp3) is 0.667. The van der Waals surface area contributed by atoms with Gasteiger partial charge < -0.3 is 9.64 Å². The van der Waals surface area contributed by atoms with Crippen LogP contribution in [0.15, 0.2) is 5.38 Å². The Morgan fingerprint density at radius 2 is 2.43 bits per heavy atom. The quantitative estimate of drug-likeness (QED) is 0.751. The Labute approximate surface area is 86.5 Å². The van der Waals surface area contributed by atoms with E-state index in [4.69, 9.17) is 4.74 Å². The maximum absolute atomic E-state index is 13.3. The molecule has 78 valence electrons. The van der Waals surface area contributed by atoms with Gasteiger partial charge in [0.15, 0.2) is 5.13 Å². The topological polar surface area (TPSA) is 25.4 Å². The number of halogens is 1. The van der Waals surface area contributed by atoms with Crippen LogP contribution in [0.4, 0.5) is 9.52 Å². The molecule has 0 bridgehead atoms. The molecule has 3 nitrogen and oxygen atoms in total. The van der Waals surface area contributed by atoms with E-state index < -0.39 is 6.17 Å². The molecule has 14 heavy (non-hydrogen) atoms. The normalized spacial score (nSPS) is 26.8. The van der Waals surface area contributed by atoms with Crippen LogP contribution in [0, 0.1) is 6.92 Å². The molecule has 2 heterocycles. The van der Waals surface area contributed by atoms with E-state index in [2.05, 4.69) is 4.98 Å². The summed E-state index contributed by atoms with van der Waals surface area (Å²) in [6, 6.07) is -0.180. The van der Waals surface area contributed by atoms with E-state index in [9.17, 15) is 4.39 Å². The van der Waals surface area contributed by atoms with Crippen LogP contribution < -0.4 is 4.90 Å². The Balaban J connectivity index is 2.11. The highest BCUT2D eigenvalue weighted by Gasteiger charge is 2.32. The molecular weight excluding hydrogens is 203 g/mol. The number of aromatic nitrogens is 1. The van der Waals surface area contributed by atoms with Gasteiger partial charge in [-0.05, 0) is 6.92 Å². The van der Waals surface area contributed by atoms with Crippen LogP contribution >= 0.6 is 11.3 Å². The largest absolute Gasteiger partial charge is 0.376 e. The van der Waals surface area contributed by atoms with E-state index in [-0.39, 0.29) is 12.6 Å². The summed E-state index contributed by atoms with van der Waals surface area (Å²) in [5.74, 6) is 0. The SMILES string of the molecule is Cc1csc(N(C)C2COCC2F)n1. The second-order valence-corrected chi connectivity index (χ2v) is 4.34. The molecule has 2 unspecified atom stereocenters. The van der Waals surface area contributed by atoms with Crippen molar-refractivity contribution in [2.45, 2.75) is 19.1 Å². The molecule has 0 radical (unpaired) electrons. The van der Waals surface area contributed by atoms with Crippen LogP contribution in [-0.4, -0.2) is 37.5 Å². The molecule has 1 fully saturated rings. The summed E-state index contributed by atoms with van der Waals surface area (Å²) in [5, 5.41) is 2.83. The standard InChI is InChI=1S/C9H13FN2OS/c1-6-5-14-9(11-6)12(2)8-4-13-3-7(8)10/h5,7-8H,3-4H2,1-2H3. The van der Waals surface area contributed by atoms with Gasteiger partial charge in [-0.3, -0.25) is 0 Å². The monoisotopic (exact) mass is 216 g/mol. The minimum absolute atomic E-state index is 0.180. The van der Waals surface area contributed by atoms with E-state index in [1.165, 1.54) is 11.3 Å². The molecule has 1 saturated heterocycles. The molecule has 1 aromatic rings. The first-order valence-electron chi connectivity index (χ1n) is 4.55. The van der Waals surface area contributed by atoms with E-state index in [0.717, 1.165) is 10.8 Å². The molecule has 1 aliphatic heterocycles. The summed E-state index contributed by atoms with van der Waals surface area (Å²) in [7, 11) is 1.87. The Morgan fingerprint density at radius 1 is 1.64 bits per heavy atom. The Morgan fingerprint density at radius 3 is 2.93 bits per heavy atom. The molecule has 2 atom stereocenters. The van der Waals surface area contributed by atoms with E-state index in [1.807, 2.05) is 24.3 Å². The lowest BCUT2D eigenvalue weighted by atomic mass is 10.2. The first kappa shape index (κ1) is 9.86. The molecule has 1 aromatic heterocycles. The molecule has 0 N–H and O–H groups in total. The van der Waals surface area contributed by atoms with Crippen molar-refractivity contribution < 1.29 is 9.13 Å². The third kappa shape index (κ3) is 1.74. The first-order chi connectivity index (χ1) is 6.68. The lowest BCUT2D eigenvalue weighted by Crippen LogP contribution is -2.38. The number of hydrogen-bond donors (Lipinski definition) is 0. The van der Waals surface area contributed by atoms with Crippen LogP contribution in [0.2, 0.25) is 0 Å². The molecule has 0 spiro atoms. The summed E-state index contributed by atoms with van der Waals surface area (Å²) in [6.45, 7) is 2.60. The van der Waals surface area contributed by atoms with E-state index >= 15 is 0 Å². The zero-order valence-corrected chi connectivity index (χ0v) is 9.05. The van der Waals surface area contributed by atoms with Crippen molar-refractivity contribution in [3.63, 3.8) is 0 Å². The smallest absolute Gasteiger partial charge is 0.185 e. The van der Waals surface area contributed by atoms with Crippen LogP contribution in [0.25, 0.3) is 0 Å². The number of rotatable bonds is 2. The third-order valence-corrected chi connectivity index (χ3v) is 3.44. The van der Waals surface area contributed by atoms with Gasteiger partial charge in [-0.15, -0.1) is 11.3 Å². The van der Waals surface area contributed by atoms with Crippen LogP contribution in [-0.2, 0) is 4.74 Å². The van der Waals surface area contributed by atoms with Crippen LogP contribution in [0.1, 0.15) is 5.69 Å². The van der Waals surface area contributed by atoms with Crippen molar-refractivity contribution in [2.24, 2.45) is 0 Å². The Kier molecular flexibility index (Phi) is 2.69. The molecule has 2 rings (SSSR count). The number of likely N-dealkylation sites (N-methyl/N-ethyl adjacent to an activating group) is 1. The van der Waals surface area contributed by atoms with Crippen LogP contribution in [0.5, 0.6) is 0 Å². The number of aryl methyl sites for hydroxylation is 1. The number of nitrogens with zero attached hydrogens (tertiary/aromatic N) is 2. The highest BCUT2D eigenvalue weighted by molar-refractivity contribution is 7.13. The molecule has 1 aliphatic rings. The number of ether oxygens (including phenoxy) is 1. The lowest BCUT2D eigenvalue weighted by molar-refractivity contribution is 0.173. The van der Waals surface area contributed by atoms with Crippen molar-refractivity contribution in [1.29, 1.82) is 0 Å². The number of alkyl halides is 1. The molecule has 0 amide bonds. The minimum atomic E-state index is -0.899. The van der Waals surface area contributed by atoms with Gasteiger partial charge in [0, 0.05) is 12.4 Å². The zero-order valence-electron chi connectivity index (χ0n) is 8.24. The lowest BCUT2D eigenvalue weighted by Gasteiger charge is -2.23. The van der Waals surface area contributed by atoms with Gasteiger partial charge in [-0.25, -0.2) is 9.37 Å². The van der Waals surface area contributed by atoms with Gasteiger partial charge in [-0.1, -0.05) is 0 Å². The average molecular weight is 216 g/mol. The molecule has 0 saturated carbocycles.